The fraction of sp³-hybridized carbons (Fsp3) is 0.294. The first kappa shape index (κ1) is 15.6. The average Bonchev–Trinajstić information content (AvgIpc) is 2.45. The summed E-state index contributed by atoms with van der Waals surface area (Å²) in [5.41, 5.74) is 1.85. The van der Waals surface area contributed by atoms with Crippen LogP contribution in [0, 0.1) is 6.92 Å². The molecular weight excluding hydrogens is 275 g/mol. The number of halogens is 3. The van der Waals surface area contributed by atoms with Gasteiger partial charge >= 0.3 is 6.18 Å². The zero-order valence-corrected chi connectivity index (χ0v) is 12.0. The van der Waals surface area contributed by atoms with E-state index in [9.17, 15) is 13.2 Å². The molecule has 0 saturated carbocycles. The van der Waals surface area contributed by atoms with Gasteiger partial charge < -0.3 is 5.32 Å². The van der Waals surface area contributed by atoms with Crippen LogP contribution >= 0.6 is 0 Å². The molecule has 0 fully saturated rings. The van der Waals surface area contributed by atoms with Crippen LogP contribution in [-0.4, -0.2) is 7.05 Å². The Labute approximate surface area is 122 Å². The highest BCUT2D eigenvalue weighted by Gasteiger charge is 2.34. The van der Waals surface area contributed by atoms with Gasteiger partial charge in [-0.2, -0.15) is 13.2 Å². The molecule has 0 bridgehead atoms. The highest BCUT2D eigenvalue weighted by molar-refractivity contribution is 5.35. The molecule has 0 aromatic heterocycles. The second kappa shape index (κ2) is 6.31. The van der Waals surface area contributed by atoms with Crippen LogP contribution in [0.3, 0.4) is 0 Å². The van der Waals surface area contributed by atoms with Gasteiger partial charge in [0.1, 0.15) is 0 Å². The van der Waals surface area contributed by atoms with E-state index in [1.807, 2.05) is 31.2 Å². The van der Waals surface area contributed by atoms with Crippen LogP contribution in [0.5, 0.6) is 0 Å². The predicted octanol–water partition coefficient (Wildman–Crippen LogP) is 4.52. The topological polar surface area (TPSA) is 12.0 Å². The molecule has 0 amide bonds. The Morgan fingerprint density at radius 3 is 2.24 bits per heavy atom. The van der Waals surface area contributed by atoms with Crippen molar-refractivity contribution in [3.63, 3.8) is 0 Å². The Morgan fingerprint density at radius 1 is 1.00 bits per heavy atom. The Morgan fingerprint density at radius 2 is 1.62 bits per heavy atom. The highest BCUT2D eigenvalue weighted by atomic mass is 19.4. The molecule has 112 valence electrons. The van der Waals surface area contributed by atoms with Crippen molar-refractivity contribution in [3.8, 4) is 0 Å². The largest absolute Gasteiger partial charge is 0.416 e. The standard InChI is InChI=1S/C17H18F3N/c1-12-7-3-4-8-13(12)11-16(21-2)14-9-5-6-10-15(14)17(18,19)20/h3-10,16,21H,11H2,1-2H3. The van der Waals surface area contributed by atoms with Gasteiger partial charge in [-0.1, -0.05) is 42.5 Å². The third-order valence-electron chi connectivity index (χ3n) is 3.68. The number of hydrogen-bond acceptors (Lipinski definition) is 1. The van der Waals surface area contributed by atoms with Gasteiger partial charge in [0.25, 0.3) is 0 Å². The van der Waals surface area contributed by atoms with Crippen LogP contribution in [0.15, 0.2) is 48.5 Å². The van der Waals surface area contributed by atoms with Crippen LogP contribution in [0.25, 0.3) is 0 Å². The van der Waals surface area contributed by atoms with Crippen LogP contribution < -0.4 is 5.32 Å². The summed E-state index contributed by atoms with van der Waals surface area (Å²) in [6.45, 7) is 1.97. The monoisotopic (exact) mass is 293 g/mol. The molecule has 0 aliphatic heterocycles. The van der Waals surface area contributed by atoms with E-state index >= 15 is 0 Å². The van der Waals surface area contributed by atoms with E-state index in [1.54, 1.807) is 19.2 Å². The molecule has 0 radical (unpaired) electrons. The minimum absolute atomic E-state index is 0.288. The lowest BCUT2D eigenvalue weighted by Crippen LogP contribution is -2.23. The maximum Gasteiger partial charge on any atom is 0.416 e. The molecule has 4 heteroatoms. The molecule has 21 heavy (non-hydrogen) atoms. The average molecular weight is 293 g/mol. The summed E-state index contributed by atoms with van der Waals surface area (Å²) in [6, 6.07) is 13.1. The summed E-state index contributed by atoms with van der Waals surface area (Å²) < 4.78 is 39.4. The molecule has 1 atom stereocenters. The number of benzene rings is 2. The maximum atomic E-state index is 13.1. The molecule has 2 aromatic rings. The molecular formula is C17H18F3N. The van der Waals surface area contributed by atoms with Crippen LogP contribution in [0.2, 0.25) is 0 Å². The third-order valence-corrected chi connectivity index (χ3v) is 3.68. The molecule has 0 saturated heterocycles. The van der Waals surface area contributed by atoms with Gasteiger partial charge in [0.2, 0.25) is 0 Å². The summed E-state index contributed by atoms with van der Waals surface area (Å²) in [6.07, 6.45) is -3.81. The minimum atomic E-state index is -4.34. The van der Waals surface area contributed by atoms with E-state index in [0.29, 0.717) is 6.42 Å². The first-order chi connectivity index (χ1) is 9.93. The van der Waals surface area contributed by atoms with Crippen molar-refractivity contribution < 1.29 is 13.2 Å². The van der Waals surface area contributed by atoms with Crippen molar-refractivity contribution in [3.05, 3.63) is 70.8 Å². The van der Waals surface area contributed by atoms with Crippen molar-refractivity contribution >= 4 is 0 Å². The lowest BCUT2D eigenvalue weighted by atomic mass is 9.93. The van der Waals surface area contributed by atoms with Crippen molar-refractivity contribution in [2.45, 2.75) is 25.6 Å². The first-order valence-electron chi connectivity index (χ1n) is 6.81. The van der Waals surface area contributed by atoms with E-state index in [2.05, 4.69) is 5.32 Å². The molecule has 1 N–H and O–H groups in total. The van der Waals surface area contributed by atoms with Crippen LogP contribution in [0.4, 0.5) is 13.2 Å². The maximum absolute atomic E-state index is 13.1. The Bertz CT molecular complexity index is 605. The number of nitrogens with one attached hydrogen (secondary N) is 1. The number of aryl methyl sites for hydroxylation is 1. The molecule has 1 nitrogen and oxygen atoms in total. The summed E-state index contributed by atoms with van der Waals surface area (Å²) >= 11 is 0. The molecule has 1 unspecified atom stereocenters. The number of alkyl halides is 3. The quantitative estimate of drug-likeness (QED) is 0.874. The Kier molecular flexibility index (Phi) is 4.68. The van der Waals surface area contributed by atoms with Gasteiger partial charge in [-0.15, -0.1) is 0 Å². The lowest BCUT2D eigenvalue weighted by Gasteiger charge is -2.22. The molecule has 0 aliphatic rings. The van der Waals surface area contributed by atoms with E-state index in [-0.39, 0.29) is 11.6 Å². The SMILES string of the molecule is CNC(Cc1ccccc1C)c1ccccc1C(F)(F)F. The molecule has 0 spiro atoms. The van der Waals surface area contributed by atoms with Crippen LogP contribution in [0.1, 0.15) is 28.3 Å². The summed E-state index contributed by atoms with van der Waals surface area (Å²) in [5.74, 6) is 0. The van der Waals surface area contributed by atoms with Gasteiger partial charge in [0, 0.05) is 6.04 Å². The lowest BCUT2D eigenvalue weighted by molar-refractivity contribution is -0.138. The normalized spacial score (nSPS) is 13.2. The van der Waals surface area contributed by atoms with Gasteiger partial charge in [-0.3, -0.25) is 0 Å². The fourth-order valence-corrected chi connectivity index (χ4v) is 2.49. The summed E-state index contributed by atoms with van der Waals surface area (Å²) in [7, 11) is 1.69. The van der Waals surface area contributed by atoms with Gasteiger partial charge in [-0.05, 0) is 43.1 Å². The van der Waals surface area contributed by atoms with Crippen molar-refractivity contribution in [2.24, 2.45) is 0 Å². The van der Waals surface area contributed by atoms with Gasteiger partial charge in [0.15, 0.2) is 0 Å². The van der Waals surface area contributed by atoms with E-state index in [1.165, 1.54) is 6.07 Å². The van der Waals surface area contributed by atoms with Crippen molar-refractivity contribution in [2.75, 3.05) is 7.05 Å². The number of likely N-dealkylation sites (N-methyl/N-ethyl adjacent to an activating group) is 1. The number of hydrogen-bond donors (Lipinski definition) is 1. The van der Waals surface area contributed by atoms with Crippen molar-refractivity contribution in [1.82, 2.24) is 5.32 Å². The second-order valence-electron chi connectivity index (χ2n) is 5.06. The van der Waals surface area contributed by atoms with Crippen LogP contribution in [-0.2, 0) is 12.6 Å². The molecule has 0 aliphatic carbocycles. The second-order valence-corrected chi connectivity index (χ2v) is 5.06. The fourth-order valence-electron chi connectivity index (χ4n) is 2.49. The first-order valence-corrected chi connectivity index (χ1v) is 6.81. The van der Waals surface area contributed by atoms with Crippen molar-refractivity contribution in [1.29, 1.82) is 0 Å². The van der Waals surface area contributed by atoms with E-state index in [0.717, 1.165) is 17.2 Å². The Hall–Kier alpha value is -1.81. The zero-order valence-electron chi connectivity index (χ0n) is 12.0. The smallest absolute Gasteiger partial charge is 0.313 e. The number of rotatable bonds is 4. The molecule has 2 aromatic carbocycles. The molecule has 2 rings (SSSR count). The third kappa shape index (κ3) is 3.64. The summed E-state index contributed by atoms with van der Waals surface area (Å²) in [4.78, 5) is 0. The highest BCUT2D eigenvalue weighted by Crippen LogP contribution is 2.35. The van der Waals surface area contributed by atoms with Gasteiger partial charge in [0.05, 0.1) is 5.56 Å². The molecule has 0 heterocycles. The summed E-state index contributed by atoms with van der Waals surface area (Å²) in [5, 5.41) is 3.01. The Balaban J connectivity index is 2.37. The minimum Gasteiger partial charge on any atom is -0.313 e. The zero-order chi connectivity index (χ0) is 15.5. The predicted molar refractivity (Wildman–Crippen MR) is 78.1 cm³/mol. The van der Waals surface area contributed by atoms with Gasteiger partial charge in [-0.25, -0.2) is 0 Å². The van der Waals surface area contributed by atoms with E-state index < -0.39 is 11.7 Å². The van der Waals surface area contributed by atoms with E-state index in [4.69, 9.17) is 0 Å².